The predicted molar refractivity (Wildman–Crippen MR) is 223 cm³/mol. The Labute approximate surface area is 317 Å². The maximum absolute atomic E-state index is 5.25. The Morgan fingerprint density at radius 1 is 0.765 bits per heavy atom. The summed E-state index contributed by atoms with van der Waals surface area (Å²) in [5.74, 6) is 2.38. The highest BCUT2D eigenvalue weighted by molar-refractivity contribution is 5.41. The number of hydrogen-bond acceptors (Lipinski definition) is 8. The summed E-state index contributed by atoms with van der Waals surface area (Å²) in [6.45, 7) is 45.9. The van der Waals surface area contributed by atoms with Crippen LogP contribution in [0, 0.1) is 5.41 Å². The van der Waals surface area contributed by atoms with Crippen LogP contribution in [0.2, 0.25) is 0 Å². The number of aromatic nitrogens is 3. The zero-order valence-corrected chi connectivity index (χ0v) is 37.3. The number of nitrogens with one attached hydrogen (secondary N) is 3. The molecule has 2 rings (SSSR count). The smallest absolute Gasteiger partial charge is 0.230 e. The molecule has 8 heteroatoms. The standard InChI is InChI=1S/C43H86N8/c1-20-33(27-40(12,13)47-31(2)3)50(32(4)5)25-23-21-22-24-26-51(34-28-41(14,15)49-42(16,17)29-34)37-45-35(39(9,10)11)44-36(46-37)48-43(18,19)30-38(6,7)8/h31-34,47,49H,20-30H2,1-19H3,(H,44,45,46,48). The summed E-state index contributed by atoms with van der Waals surface area (Å²) >= 11 is 0. The Balaban J connectivity index is 2.31. The van der Waals surface area contributed by atoms with Crippen LogP contribution in [-0.4, -0.2) is 79.3 Å². The molecule has 0 spiro atoms. The fraction of sp³-hybridized carbons (Fsp3) is 0.930. The van der Waals surface area contributed by atoms with Crippen molar-refractivity contribution in [2.45, 2.75) is 241 Å². The summed E-state index contributed by atoms with van der Waals surface area (Å²) in [6, 6.07) is 1.97. The van der Waals surface area contributed by atoms with Crippen molar-refractivity contribution in [1.82, 2.24) is 30.5 Å². The van der Waals surface area contributed by atoms with Gasteiger partial charge in [0.05, 0.1) is 0 Å². The van der Waals surface area contributed by atoms with Crippen LogP contribution in [0.15, 0.2) is 0 Å². The van der Waals surface area contributed by atoms with Gasteiger partial charge in [-0.3, -0.25) is 4.90 Å². The van der Waals surface area contributed by atoms with E-state index in [0.717, 1.165) is 50.5 Å². The molecule has 1 atom stereocenters. The second kappa shape index (κ2) is 17.8. The van der Waals surface area contributed by atoms with E-state index < -0.39 is 0 Å². The second-order valence-electron chi connectivity index (χ2n) is 21.6. The quantitative estimate of drug-likeness (QED) is 0.122. The topological polar surface area (TPSA) is 81.2 Å². The highest BCUT2D eigenvalue weighted by Gasteiger charge is 2.41. The maximum Gasteiger partial charge on any atom is 0.230 e. The molecule has 1 aliphatic rings. The lowest BCUT2D eigenvalue weighted by atomic mass is 9.79. The minimum Gasteiger partial charge on any atom is -0.349 e. The number of unbranched alkanes of at least 4 members (excludes halogenated alkanes) is 3. The van der Waals surface area contributed by atoms with Gasteiger partial charge in [-0.05, 0) is 126 Å². The molecule has 3 N–H and O–H groups in total. The number of nitrogens with zero attached hydrogens (tertiary/aromatic N) is 5. The predicted octanol–water partition coefficient (Wildman–Crippen LogP) is 10.1. The van der Waals surface area contributed by atoms with E-state index in [1.54, 1.807) is 0 Å². The van der Waals surface area contributed by atoms with Crippen LogP contribution in [0.1, 0.15) is 195 Å². The minimum absolute atomic E-state index is 0.0235. The molecule has 1 aromatic rings. The van der Waals surface area contributed by atoms with E-state index in [4.69, 9.17) is 15.0 Å². The number of piperidine rings is 1. The molecule has 1 saturated heterocycles. The molecule has 1 unspecified atom stereocenters. The minimum atomic E-state index is -0.195. The summed E-state index contributed by atoms with van der Waals surface area (Å²) in [6.07, 6.45) is 10.3. The Kier molecular flexibility index (Phi) is 15.9. The highest BCUT2D eigenvalue weighted by Crippen LogP contribution is 2.35. The third-order valence-electron chi connectivity index (χ3n) is 10.2. The normalized spacial score (nSPS) is 18.2. The first-order valence-corrected chi connectivity index (χ1v) is 20.7. The lowest BCUT2D eigenvalue weighted by Crippen LogP contribution is -2.62. The van der Waals surface area contributed by atoms with Crippen molar-refractivity contribution >= 4 is 11.9 Å². The van der Waals surface area contributed by atoms with Gasteiger partial charge in [0.25, 0.3) is 0 Å². The average molecular weight is 715 g/mol. The van der Waals surface area contributed by atoms with Crippen molar-refractivity contribution in [2.75, 3.05) is 23.3 Å². The molecular weight excluding hydrogens is 629 g/mol. The zero-order chi connectivity index (χ0) is 39.2. The van der Waals surface area contributed by atoms with Gasteiger partial charge in [0.15, 0.2) is 0 Å². The third kappa shape index (κ3) is 16.2. The van der Waals surface area contributed by atoms with Crippen LogP contribution in [0.4, 0.5) is 11.9 Å². The van der Waals surface area contributed by atoms with Crippen molar-refractivity contribution < 1.29 is 0 Å². The number of rotatable bonds is 19. The molecule has 0 bridgehead atoms. The van der Waals surface area contributed by atoms with Gasteiger partial charge < -0.3 is 20.9 Å². The van der Waals surface area contributed by atoms with Gasteiger partial charge in [0.2, 0.25) is 11.9 Å². The fourth-order valence-electron chi connectivity index (χ4n) is 9.21. The highest BCUT2D eigenvalue weighted by atomic mass is 15.3. The summed E-state index contributed by atoms with van der Waals surface area (Å²) in [7, 11) is 0. The molecule has 0 aromatic carbocycles. The van der Waals surface area contributed by atoms with Crippen LogP contribution >= 0.6 is 0 Å². The van der Waals surface area contributed by atoms with Crippen molar-refractivity contribution in [3.8, 4) is 0 Å². The van der Waals surface area contributed by atoms with Gasteiger partial charge in [0.1, 0.15) is 5.82 Å². The first kappa shape index (κ1) is 45.6. The lowest BCUT2D eigenvalue weighted by molar-refractivity contribution is 0.112. The van der Waals surface area contributed by atoms with E-state index in [1.807, 2.05) is 0 Å². The molecule has 298 valence electrons. The maximum atomic E-state index is 5.25. The van der Waals surface area contributed by atoms with E-state index in [9.17, 15) is 0 Å². The summed E-state index contributed by atoms with van der Waals surface area (Å²) in [4.78, 5) is 20.8. The molecule has 0 aliphatic carbocycles. The van der Waals surface area contributed by atoms with Gasteiger partial charge in [-0.25, -0.2) is 0 Å². The van der Waals surface area contributed by atoms with Crippen molar-refractivity contribution in [2.24, 2.45) is 5.41 Å². The molecule has 51 heavy (non-hydrogen) atoms. The van der Waals surface area contributed by atoms with Gasteiger partial charge in [-0.15, -0.1) is 0 Å². The van der Waals surface area contributed by atoms with E-state index in [-0.39, 0.29) is 33.0 Å². The van der Waals surface area contributed by atoms with Crippen LogP contribution in [-0.2, 0) is 5.41 Å². The van der Waals surface area contributed by atoms with Crippen molar-refractivity contribution in [3.05, 3.63) is 5.82 Å². The van der Waals surface area contributed by atoms with Crippen molar-refractivity contribution in [3.63, 3.8) is 0 Å². The lowest BCUT2D eigenvalue weighted by Gasteiger charge is -2.49. The Hall–Kier alpha value is -1.51. The van der Waals surface area contributed by atoms with Gasteiger partial charge in [0, 0.05) is 58.3 Å². The first-order valence-electron chi connectivity index (χ1n) is 20.7. The monoisotopic (exact) mass is 715 g/mol. The molecule has 0 radical (unpaired) electrons. The van der Waals surface area contributed by atoms with Crippen LogP contribution < -0.4 is 20.9 Å². The van der Waals surface area contributed by atoms with Gasteiger partial charge in [-0.2, -0.15) is 15.0 Å². The van der Waals surface area contributed by atoms with Gasteiger partial charge in [-0.1, -0.05) is 75.2 Å². The largest absolute Gasteiger partial charge is 0.349 e. The SMILES string of the molecule is CCC(CC(C)(C)NC(C)C)N(CCCCCCN(c1nc(NC(C)(C)CC(C)(C)C)nc(C(C)(C)C)n1)C1CC(C)(C)NC(C)(C)C1)C(C)C. The molecule has 1 fully saturated rings. The van der Waals surface area contributed by atoms with Crippen LogP contribution in [0.5, 0.6) is 0 Å². The number of hydrogen-bond donors (Lipinski definition) is 3. The molecule has 0 amide bonds. The second-order valence-corrected chi connectivity index (χ2v) is 21.6. The zero-order valence-electron chi connectivity index (χ0n) is 37.3. The van der Waals surface area contributed by atoms with Crippen molar-refractivity contribution in [1.29, 1.82) is 0 Å². The molecule has 0 saturated carbocycles. The molecule has 8 nitrogen and oxygen atoms in total. The molecule has 1 aliphatic heterocycles. The molecule has 2 heterocycles. The molecule has 1 aromatic heterocycles. The van der Waals surface area contributed by atoms with Gasteiger partial charge >= 0.3 is 0 Å². The fourth-order valence-corrected chi connectivity index (χ4v) is 9.21. The van der Waals surface area contributed by atoms with E-state index in [0.29, 0.717) is 30.1 Å². The molecular formula is C43H86N8. The first-order chi connectivity index (χ1) is 23.0. The average Bonchev–Trinajstić information content (AvgIpc) is 2.88. The third-order valence-corrected chi connectivity index (χ3v) is 10.2. The van der Waals surface area contributed by atoms with E-state index in [1.165, 1.54) is 32.1 Å². The summed E-state index contributed by atoms with van der Waals surface area (Å²) in [5, 5.41) is 11.5. The summed E-state index contributed by atoms with van der Waals surface area (Å²) in [5.41, 5.74) is 0.00718. The Morgan fingerprint density at radius 3 is 1.78 bits per heavy atom. The van der Waals surface area contributed by atoms with Crippen LogP contribution in [0.25, 0.3) is 0 Å². The number of anilines is 2. The Bertz CT molecular complexity index is 1170. The summed E-state index contributed by atoms with van der Waals surface area (Å²) < 4.78 is 0. The van der Waals surface area contributed by atoms with E-state index >= 15 is 0 Å². The Morgan fingerprint density at radius 2 is 1.31 bits per heavy atom. The van der Waals surface area contributed by atoms with E-state index in [2.05, 4.69) is 157 Å². The van der Waals surface area contributed by atoms with Crippen LogP contribution in [0.3, 0.4) is 0 Å².